The van der Waals surface area contributed by atoms with Gasteiger partial charge in [-0.1, -0.05) is 20.8 Å². The third-order valence-corrected chi connectivity index (χ3v) is 3.38. The van der Waals surface area contributed by atoms with Gasteiger partial charge in [0, 0.05) is 5.54 Å². The van der Waals surface area contributed by atoms with Gasteiger partial charge in [-0.25, -0.2) is 0 Å². The van der Waals surface area contributed by atoms with Crippen LogP contribution >= 0.6 is 0 Å². The largest absolute Gasteiger partial charge is 0.609 e. The third kappa shape index (κ3) is 1.94. The van der Waals surface area contributed by atoms with E-state index in [0.29, 0.717) is 0 Å². The van der Waals surface area contributed by atoms with Gasteiger partial charge in [-0.15, -0.1) is 0 Å². The van der Waals surface area contributed by atoms with Crippen LogP contribution in [0.15, 0.2) is 0 Å². The average Bonchev–Trinajstić information content (AvgIpc) is 1.87. The second kappa shape index (κ2) is 3.11. The summed E-state index contributed by atoms with van der Waals surface area (Å²) < 4.78 is 0. The van der Waals surface area contributed by atoms with Crippen molar-refractivity contribution in [3.63, 3.8) is 0 Å². The van der Waals surface area contributed by atoms with Crippen LogP contribution in [0.1, 0.15) is 41.0 Å². The summed E-state index contributed by atoms with van der Waals surface area (Å²) in [5, 5.41) is 1.55. The van der Waals surface area contributed by atoms with Gasteiger partial charge < -0.3 is 10.9 Å². The van der Waals surface area contributed by atoms with Crippen LogP contribution < -0.4 is 0 Å². The summed E-state index contributed by atoms with van der Waals surface area (Å²) in [6.07, 6.45) is 1.10. The van der Waals surface area contributed by atoms with Crippen molar-refractivity contribution in [2.24, 2.45) is 5.41 Å². The van der Waals surface area contributed by atoms with Crippen molar-refractivity contribution in [1.29, 1.82) is 0 Å². The minimum Gasteiger partial charge on any atom is -0.609 e. The molecule has 2 heteroatoms. The fraction of sp³-hybridized carbons (Fsp3) is 1.00. The first-order valence-corrected chi connectivity index (χ1v) is 4.21. The predicted molar refractivity (Wildman–Crippen MR) is 50.2 cm³/mol. The Morgan fingerprint density at radius 1 is 1.18 bits per heavy atom. The first-order valence-electron chi connectivity index (χ1n) is 4.21. The second-order valence-electron chi connectivity index (χ2n) is 4.36. The lowest BCUT2D eigenvalue weighted by molar-refractivity contribution is 0.0629. The molecule has 1 N–H and O–H groups in total. The first-order chi connectivity index (χ1) is 4.75. The maximum Gasteiger partial charge on any atom is 0.00296 e. The molecule has 0 aliphatic heterocycles. The van der Waals surface area contributed by atoms with Gasteiger partial charge in [0.15, 0.2) is 0 Å². The Kier molecular flexibility index (Phi) is 3.09. The minimum atomic E-state index is -0.0538. The molecule has 0 spiro atoms. The Bertz CT molecular complexity index is 126. The molecule has 2 nitrogen and oxygen atoms in total. The van der Waals surface area contributed by atoms with E-state index in [0.717, 1.165) is 6.42 Å². The van der Waals surface area contributed by atoms with Crippen LogP contribution in [0.3, 0.4) is 0 Å². The molecule has 0 aromatic carbocycles. The fourth-order valence-corrected chi connectivity index (χ4v) is 0.887. The van der Waals surface area contributed by atoms with Gasteiger partial charge in [-0.2, -0.15) is 0 Å². The Hall–Kier alpha value is -0.0800. The number of nitrogens with one attached hydrogen (secondary N) is 1. The summed E-state index contributed by atoms with van der Waals surface area (Å²) >= 11 is 0. The van der Waals surface area contributed by atoms with Gasteiger partial charge in [0.25, 0.3) is 0 Å². The van der Waals surface area contributed by atoms with E-state index in [1.165, 1.54) is 0 Å². The van der Waals surface area contributed by atoms with Crippen LogP contribution in [0.4, 0.5) is 0 Å². The molecule has 0 rings (SSSR count). The molecule has 0 aromatic heterocycles. The Morgan fingerprint density at radius 2 is 1.55 bits per heavy atom. The van der Waals surface area contributed by atoms with Crippen molar-refractivity contribution in [2.75, 3.05) is 7.05 Å². The first kappa shape index (κ1) is 10.9. The molecule has 0 aromatic rings. The molecule has 68 valence electrons. The Labute approximate surface area is 70.7 Å². The molecule has 11 heavy (non-hydrogen) atoms. The molecule has 0 fully saturated rings. The van der Waals surface area contributed by atoms with Crippen LogP contribution in [-0.4, -0.2) is 17.6 Å². The molecule has 0 amide bonds. The van der Waals surface area contributed by atoms with Crippen LogP contribution in [0.2, 0.25) is 0 Å². The highest BCUT2D eigenvalue weighted by molar-refractivity contribution is 4.93. The lowest BCUT2D eigenvalue weighted by Gasteiger charge is -2.51. The van der Waals surface area contributed by atoms with Crippen LogP contribution in [0.25, 0.3) is 5.84 Å². The summed E-state index contributed by atoms with van der Waals surface area (Å²) in [4.78, 5) is 0. The SMILES string of the molecule is CCC(C)(C)C(C)(C)N(C)[NH-]. The lowest BCUT2D eigenvalue weighted by Crippen LogP contribution is -2.48. The van der Waals surface area contributed by atoms with E-state index in [1.54, 1.807) is 5.01 Å². The second-order valence-corrected chi connectivity index (χ2v) is 4.36. The van der Waals surface area contributed by atoms with Crippen molar-refractivity contribution >= 4 is 0 Å². The highest BCUT2D eigenvalue weighted by Gasteiger charge is 2.34. The molecule has 0 bridgehead atoms. The minimum absolute atomic E-state index is 0.0538. The fourth-order valence-electron chi connectivity index (χ4n) is 0.887. The van der Waals surface area contributed by atoms with Gasteiger partial charge in [0.2, 0.25) is 0 Å². The summed E-state index contributed by atoms with van der Waals surface area (Å²) in [5.74, 6) is 7.57. The van der Waals surface area contributed by atoms with Crippen molar-refractivity contribution in [1.82, 2.24) is 5.01 Å². The average molecular weight is 157 g/mol. The summed E-state index contributed by atoms with van der Waals surface area (Å²) in [5.41, 5.74) is 0.144. The van der Waals surface area contributed by atoms with E-state index in [1.807, 2.05) is 7.05 Å². The highest BCUT2D eigenvalue weighted by Crippen LogP contribution is 2.37. The van der Waals surface area contributed by atoms with Gasteiger partial charge in [0.05, 0.1) is 0 Å². The Balaban J connectivity index is 4.53. The zero-order valence-electron chi connectivity index (χ0n) is 8.65. The van der Waals surface area contributed by atoms with E-state index < -0.39 is 0 Å². The molecular weight excluding hydrogens is 136 g/mol. The zero-order valence-corrected chi connectivity index (χ0v) is 8.65. The molecule has 0 saturated heterocycles. The smallest absolute Gasteiger partial charge is 0.00296 e. The van der Waals surface area contributed by atoms with E-state index >= 15 is 0 Å². The summed E-state index contributed by atoms with van der Waals surface area (Å²) in [6.45, 7) is 10.8. The molecule has 0 aliphatic carbocycles. The summed E-state index contributed by atoms with van der Waals surface area (Å²) in [7, 11) is 1.82. The van der Waals surface area contributed by atoms with Crippen LogP contribution in [0.5, 0.6) is 0 Å². The molecular formula is C9H21N2-. The molecule has 0 saturated carbocycles. The number of rotatable bonds is 3. The number of hydrogen-bond acceptors (Lipinski definition) is 1. The molecule has 0 radical (unpaired) electrons. The standard InChI is InChI=1S/C9H21N2/c1-7-8(2,3)9(4,5)11(6)10/h10H,7H2,1-6H3/q-1. The predicted octanol–water partition coefficient (Wildman–Crippen LogP) is 3.10. The van der Waals surface area contributed by atoms with E-state index in [4.69, 9.17) is 5.84 Å². The quantitative estimate of drug-likeness (QED) is 0.578. The summed E-state index contributed by atoms with van der Waals surface area (Å²) in [6, 6.07) is 0. The normalized spacial score (nSPS) is 14.2. The van der Waals surface area contributed by atoms with Gasteiger partial charge in [0.1, 0.15) is 0 Å². The molecule has 0 heterocycles. The van der Waals surface area contributed by atoms with Crippen molar-refractivity contribution in [3.05, 3.63) is 5.84 Å². The topological polar surface area (TPSA) is 27.0 Å². The van der Waals surface area contributed by atoms with E-state index in [2.05, 4.69) is 34.6 Å². The number of nitrogens with zero attached hydrogens (tertiary/aromatic N) is 1. The van der Waals surface area contributed by atoms with E-state index in [-0.39, 0.29) is 11.0 Å². The molecule has 0 unspecified atom stereocenters. The zero-order chi connectivity index (χ0) is 9.28. The maximum atomic E-state index is 7.57. The van der Waals surface area contributed by atoms with Crippen LogP contribution in [-0.2, 0) is 0 Å². The van der Waals surface area contributed by atoms with Gasteiger partial charge >= 0.3 is 0 Å². The van der Waals surface area contributed by atoms with Gasteiger partial charge in [-0.3, -0.25) is 0 Å². The highest BCUT2D eigenvalue weighted by atomic mass is 15.4. The Morgan fingerprint density at radius 3 is 1.64 bits per heavy atom. The maximum absolute atomic E-state index is 7.57. The van der Waals surface area contributed by atoms with Crippen molar-refractivity contribution in [3.8, 4) is 0 Å². The molecule has 0 aliphatic rings. The van der Waals surface area contributed by atoms with Crippen molar-refractivity contribution < 1.29 is 0 Å². The van der Waals surface area contributed by atoms with Crippen LogP contribution in [0, 0.1) is 5.41 Å². The molecule has 0 atom stereocenters. The van der Waals surface area contributed by atoms with Gasteiger partial charge in [-0.05, 0) is 32.7 Å². The lowest BCUT2D eigenvalue weighted by atomic mass is 9.72. The van der Waals surface area contributed by atoms with E-state index in [9.17, 15) is 0 Å². The third-order valence-electron chi connectivity index (χ3n) is 3.38. The van der Waals surface area contributed by atoms with Crippen molar-refractivity contribution in [2.45, 2.75) is 46.6 Å². The number of hydrogen-bond donors (Lipinski definition) is 0. The monoisotopic (exact) mass is 157 g/mol.